The second-order valence-electron chi connectivity index (χ2n) is 16.4. The minimum atomic E-state index is 0.688. The molecule has 0 spiro atoms. The van der Waals surface area contributed by atoms with Crippen LogP contribution in [0.3, 0.4) is 0 Å². The Balaban J connectivity index is 1.13. The molecule has 14 rings (SSSR count). The van der Waals surface area contributed by atoms with E-state index in [1.54, 1.807) is 0 Å². The largest absolute Gasteiger partial charge is 0.456 e. The summed E-state index contributed by atoms with van der Waals surface area (Å²) in [5.41, 5.74) is 11.3. The van der Waals surface area contributed by atoms with E-state index in [0.29, 0.717) is 5.82 Å². The second kappa shape index (κ2) is 13.2. The molecule has 0 N–H and O–H groups in total. The van der Waals surface area contributed by atoms with Gasteiger partial charge < -0.3 is 8.98 Å². The van der Waals surface area contributed by atoms with Crippen molar-refractivity contribution in [3.8, 4) is 39.5 Å². The van der Waals surface area contributed by atoms with Gasteiger partial charge in [0.05, 0.1) is 22.2 Å². The fourth-order valence-electron chi connectivity index (χ4n) is 10.3. The van der Waals surface area contributed by atoms with Crippen molar-refractivity contribution in [2.45, 2.75) is 0 Å². The van der Waals surface area contributed by atoms with Crippen molar-refractivity contribution in [3.05, 3.63) is 200 Å². The Bertz CT molecular complexity index is 4210. The molecule has 0 radical (unpaired) electrons. The molecule has 63 heavy (non-hydrogen) atoms. The average Bonchev–Trinajstić information content (AvgIpc) is 4.03. The highest BCUT2D eigenvalue weighted by molar-refractivity contribution is 7.26. The maximum atomic E-state index is 6.41. The van der Waals surface area contributed by atoms with Crippen LogP contribution in [0.25, 0.3) is 136 Å². The molecule has 0 saturated heterocycles. The number of para-hydroxylation sites is 2. The Morgan fingerprint density at radius 2 is 1.11 bits per heavy atom. The zero-order chi connectivity index (χ0) is 41.2. The van der Waals surface area contributed by atoms with Crippen LogP contribution in [0.5, 0.6) is 0 Å². The van der Waals surface area contributed by atoms with Crippen LogP contribution in [0.1, 0.15) is 0 Å². The fraction of sp³-hybridized carbons (Fsp3) is 0. The number of furan rings is 1. The first kappa shape index (κ1) is 34.6. The molecule has 0 amide bonds. The van der Waals surface area contributed by atoms with Crippen molar-refractivity contribution in [1.29, 1.82) is 0 Å². The van der Waals surface area contributed by atoms with E-state index in [4.69, 9.17) is 14.4 Å². The molecule has 0 bridgehead atoms. The normalized spacial score (nSPS) is 12.1. The summed E-state index contributed by atoms with van der Waals surface area (Å²) < 4.78 is 11.3. The topological polar surface area (TPSA) is 43.9 Å². The Labute approximate surface area is 364 Å². The van der Waals surface area contributed by atoms with Crippen LogP contribution in [0.2, 0.25) is 0 Å². The highest BCUT2D eigenvalue weighted by Gasteiger charge is 2.24. The van der Waals surface area contributed by atoms with E-state index in [2.05, 4.69) is 193 Å². The number of nitrogens with zero attached hydrogens (tertiary/aromatic N) is 3. The van der Waals surface area contributed by atoms with Crippen molar-refractivity contribution in [1.82, 2.24) is 14.5 Å². The third kappa shape index (κ3) is 5.03. The molecule has 4 nitrogen and oxygen atoms in total. The summed E-state index contributed by atoms with van der Waals surface area (Å²) >= 11 is 1.81. The van der Waals surface area contributed by atoms with Gasteiger partial charge in [0.25, 0.3) is 0 Å². The third-order valence-corrected chi connectivity index (χ3v) is 14.2. The van der Waals surface area contributed by atoms with E-state index >= 15 is 0 Å². The highest BCUT2D eigenvalue weighted by Crippen LogP contribution is 2.47. The molecule has 10 aromatic carbocycles. The molecule has 292 valence electrons. The van der Waals surface area contributed by atoms with Crippen molar-refractivity contribution in [2.75, 3.05) is 0 Å². The lowest BCUT2D eigenvalue weighted by molar-refractivity contribution is 0.669. The lowest BCUT2D eigenvalue weighted by atomic mass is 9.94. The lowest BCUT2D eigenvalue weighted by Crippen LogP contribution is -1.99. The predicted octanol–water partition coefficient (Wildman–Crippen LogP) is 16.3. The molecule has 0 aliphatic carbocycles. The molecule has 4 heterocycles. The second-order valence-corrected chi connectivity index (χ2v) is 17.5. The van der Waals surface area contributed by atoms with Crippen LogP contribution in [-0.4, -0.2) is 14.5 Å². The van der Waals surface area contributed by atoms with E-state index in [-0.39, 0.29) is 0 Å². The number of thiophene rings is 1. The van der Waals surface area contributed by atoms with Gasteiger partial charge in [0, 0.05) is 63.9 Å². The van der Waals surface area contributed by atoms with Crippen LogP contribution in [-0.2, 0) is 0 Å². The summed E-state index contributed by atoms with van der Waals surface area (Å²) in [7, 11) is 0. The van der Waals surface area contributed by atoms with E-state index in [0.717, 1.165) is 71.1 Å². The van der Waals surface area contributed by atoms with Gasteiger partial charge in [-0.3, -0.25) is 0 Å². The highest BCUT2D eigenvalue weighted by atomic mass is 32.1. The summed E-state index contributed by atoms with van der Waals surface area (Å²) in [4.78, 5) is 11.1. The van der Waals surface area contributed by atoms with Crippen molar-refractivity contribution >= 4 is 108 Å². The van der Waals surface area contributed by atoms with Crippen LogP contribution < -0.4 is 0 Å². The van der Waals surface area contributed by atoms with Gasteiger partial charge in [-0.15, -0.1) is 11.3 Å². The molecule has 0 fully saturated rings. The maximum absolute atomic E-state index is 6.41. The first-order chi connectivity index (χ1) is 31.2. The Morgan fingerprint density at radius 1 is 0.413 bits per heavy atom. The van der Waals surface area contributed by atoms with Gasteiger partial charge in [0.2, 0.25) is 0 Å². The van der Waals surface area contributed by atoms with Crippen LogP contribution in [0.4, 0.5) is 0 Å². The maximum Gasteiger partial charge on any atom is 0.161 e. The Hall–Kier alpha value is -8.12. The lowest BCUT2D eigenvalue weighted by Gasteiger charge is -2.15. The first-order valence-corrected chi connectivity index (χ1v) is 22.1. The van der Waals surface area contributed by atoms with Gasteiger partial charge in [-0.05, 0) is 81.2 Å². The summed E-state index contributed by atoms with van der Waals surface area (Å²) in [6.45, 7) is 0. The van der Waals surface area contributed by atoms with E-state index in [9.17, 15) is 0 Å². The number of hydrogen-bond donors (Lipinski definition) is 0. The quantitative estimate of drug-likeness (QED) is 0.178. The minimum Gasteiger partial charge on any atom is -0.456 e. The summed E-state index contributed by atoms with van der Waals surface area (Å²) in [5.74, 6) is 0.688. The first-order valence-electron chi connectivity index (χ1n) is 21.3. The molecule has 0 aliphatic heterocycles. The zero-order valence-electron chi connectivity index (χ0n) is 33.7. The number of aromatic nitrogens is 3. The molecular formula is C58H33N3OS. The third-order valence-electron chi connectivity index (χ3n) is 13.0. The average molecular weight is 820 g/mol. The molecule has 0 atom stereocenters. The molecule has 14 aromatic rings. The van der Waals surface area contributed by atoms with Crippen LogP contribution in [0.15, 0.2) is 205 Å². The SMILES string of the molecule is c1ccc(-c2cc3c(c4ccccc24)c2c4ccccc4ccc2n3-c2cc(-c3nc(-c4cccc5oc6ccccc6c45)c4ccccc4n3)c3sc4ccccc4c3c2)cc1. The standard InChI is InChI=1S/C58H33N3OS/c1-2-15-34(16-3-1)44-33-49-55(40-21-7-6-19-38(40)44)54-37-18-5-4-17-35(37)29-30-48(54)61(49)36-31-45-39-20-10-13-28-52(39)63-57(45)46(32-36)58-59-47-25-11-8-22-41(47)56(60-58)43-24-14-27-51-53(43)42-23-9-12-26-50(42)62-51/h1-33H. The van der Waals surface area contributed by atoms with E-state index < -0.39 is 0 Å². The van der Waals surface area contributed by atoms with Gasteiger partial charge in [-0.1, -0.05) is 152 Å². The fourth-order valence-corrected chi connectivity index (χ4v) is 11.4. The number of rotatable bonds is 4. The van der Waals surface area contributed by atoms with Gasteiger partial charge in [0.1, 0.15) is 11.2 Å². The zero-order valence-corrected chi connectivity index (χ0v) is 34.5. The summed E-state index contributed by atoms with van der Waals surface area (Å²) in [5, 5.41) is 13.0. The van der Waals surface area contributed by atoms with Gasteiger partial charge in [-0.25, -0.2) is 9.97 Å². The molecule has 0 aliphatic rings. The molecule has 0 saturated carbocycles. The molecule has 5 heteroatoms. The van der Waals surface area contributed by atoms with Crippen molar-refractivity contribution in [3.63, 3.8) is 0 Å². The predicted molar refractivity (Wildman–Crippen MR) is 265 cm³/mol. The Morgan fingerprint density at radius 3 is 2.00 bits per heavy atom. The van der Waals surface area contributed by atoms with Crippen molar-refractivity contribution in [2.24, 2.45) is 0 Å². The number of hydrogen-bond acceptors (Lipinski definition) is 4. The minimum absolute atomic E-state index is 0.688. The van der Waals surface area contributed by atoms with Gasteiger partial charge in [0.15, 0.2) is 5.82 Å². The molecule has 0 unspecified atom stereocenters. The van der Waals surface area contributed by atoms with Crippen LogP contribution >= 0.6 is 11.3 Å². The Kier molecular flexibility index (Phi) is 7.24. The molecule has 4 aromatic heterocycles. The summed E-state index contributed by atoms with van der Waals surface area (Å²) in [6, 6.07) is 71.9. The summed E-state index contributed by atoms with van der Waals surface area (Å²) in [6.07, 6.45) is 0. The number of fused-ring (bicyclic) bond motifs is 14. The monoisotopic (exact) mass is 819 g/mol. The van der Waals surface area contributed by atoms with Gasteiger partial charge in [-0.2, -0.15) is 0 Å². The van der Waals surface area contributed by atoms with Gasteiger partial charge >= 0.3 is 0 Å². The smallest absolute Gasteiger partial charge is 0.161 e. The van der Waals surface area contributed by atoms with E-state index in [1.807, 2.05) is 23.5 Å². The number of benzene rings is 10. The van der Waals surface area contributed by atoms with Crippen molar-refractivity contribution < 1.29 is 4.42 Å². The van der Waals surface area contributed by atoms with Crippen LogP contribution in [0, 0.1) is 0 Å². The van der Waals surface area contributed by atoms with E-state index in [1.165, 1.54) is 58.9 Å². The molecular weight excluding hydrogens is 787 g/mol.